The summed E-state index contributed by atoms with van der Waals surface area (Å²) in [6.07, 6.45) is 4.84. The van der Waals surface area contributed by atoms with Gasteiger partial charge in [-0.3, -0.25) is 4.79 Å². The first-order chi connectivity index (χ1) is 17.7. The zero-order chi connectivity index (χ0) is 25.9. The predicted octanol–water partition coefficient (Wildman–Crippen LogP) is 4.38. The molecule has 1 aromatic heterocycles. The van der Waals surface area contributed by atoms with Crippen LogP contribution in [0.3, 0.4) is 0 Å². The van der Waals surface area contributed by atoms with Gasteiger partial charge in [-0.05, 0) is 111 Å². The van der Waals surface area contributed by atoms with Crippen LogP contribution in [0.5, 0.6) is 5.75 Å². The summed E-state index contributed by atoms with van der Waals surface area (Å²) in [5, 5.41) is 10.4. The number of benzene rings is 2. The second-order valence-electron chi connectivity index (χ2n) is 11.4. The number of aromatic hydroxyl groups is 1. The van der Waals surface area contributed by atoms with E-state index in [0.717, 1.165) is 47.8 Å². The Balaban J connectivity index is 1.47. The van der Waals surface area contributed by atoms with Crippen LogP contribution in [-0.2, 0) is 28.1 Å². The molecule has 1 aliphatic heterocycles. The number of sulfone groups is 1. The number of rotatable bonds is 5. The maximum absolute atomic E-state index is 13.4. The van der Waals surface area contributed by atoms with Crippen molar-refractivity contribution in [3.05, 3.63) is 87.3 Å². The van der Waals surface area contributed by atoms with E-state index >= 15 is 0 Å². The molecule has 0 radical (unpaired) electrons. The number of likely N-dealkylation sites (tertiary alicyclic amines) is 1. The summed E-state index contributed by atoms with van der Waals surface area (Å²) in [7, 11) is -3.93. The Morgan fingerprint density at radius 2 is 1.86 bits per heavy atom. The van der Waals surface area contributed by atoms with Gasteiger partial charge in [-0.2, -0.15) is 0 Å². The number of nitrogens with zero attached hydrogens (tertiary/aromatic N) is 1. The van der Waals surface area contributed by atoms with E-state index in [2.05, 4.69) is 23.7 Å². The molecule has 0 amide bonds. The maximum atomic E-state index is 13.4. The lowest BCUT2D eigenvalue weighted by molar-refractivity contribution is 0.0246. The van der Waals surface area contributed by atoms with Gasteiger partial charge >= 0.3 is 0 Å². The summed E-state index contributed by atoms with van der Waals surface area (Å²) in [6, 6.07) is 15.7. The molecule has 2 heterocycles. The molecular formula is C30H34N2O4S. The maximum Gasteiger partial charge on any atom is 0.267 e. The normalized spacial score (nSPS) is 25.9. The van der Waals surface area contributed by atoms with E-state index in [4.69, 9.17) is 0 Å². The molecule has 7 heteroatoms. The number of aromatic nitrogens is 1. The number of pyridine rings is 1. The van der Waals surface area contributed by atoms with Gasteiger partial charge in [0.1, 0.15) is 10.6 Å². The van der Waals surface area contributed by atoms with E-state index in [1.165, 1.54) is 25.0 Å². The molecule has 6 nitrogen and oxygen atoms in total. The topological polar surface area (TPSA) is 90.5 Å². The standard InChI is InChI=1S/C30H34N2O4S/c1-19-8-11-23(33)16-25(19)30-12-13-32(18-21-9-10-21)20(2)26(30)14-22-15-28(29(34)31-27(22)17-30)37(35,36)24-6-4-3-5-7-24/h3-8,11,15-16,20-21,26,33H,9-10,12-14,17-18H2,1-2H3,(H,31,34). The van der Waals surface area contributed by atoms with Crippen LogP contribution in [0.15, 0.2) is 69.2 Å². The second-order valence-corrected chi connectivity index (χ2v) is 13.3. The summed E-state index contributed by atoms with van der Waals surface area (Å²) in [6.45, 7) is 6.48. The van der Waals surface area contributed by atoms with Crippen LogP contribution in [0.25, 0.3) is 0 Å². The first kappa shape index (κ1) is 24.4. The SMILES string of the molecule is Cc1ccc(O)cc1C12CCN(CC3CC3)C(C)C1Cc1cc(S(=O)(=O)c3ccccc3)c(=O)[nH]c1C2. The minimum atomic E-state index is -3.93. The molecule has 0 spiro atoms. The number of piperidine rings is 1. The molecule has 2 aromatic carbocycles. The molecule has 3 aromatic rings. The van der Waals surface area contributed by atoms with Gasteiger partial charge in [-0.25, -0.2) is 8.42 Å². The molecule has 3 atom stereocenters. The van der Waals surface area contributed by atoms with Gasteiger partial charge in [0.2, 0.25) is 9.84 Å². The van der Waals surface area contributed by atoms with Crippen molar-refractivity contribution in [2.75, 3.05) is 13.1 Å². The summed E-state index contributed by atoms with van der Waals surface area (Å²) >= 11 is 0. The number of aromatic amines is 1. The van der Waals surface area contributed by atoms with Crippen molar-refractivity contribution in [2.24, 2.45) is 11.8 Å². The molecule has 3 aliphatic rings. The number of aryl methyl sites for hydroxylation is 1. The fraction of sp³-hybridized carbons (Fsp3) is 0.433. The Kier molecular flexibility index (Phi) is 5.84. The average Bonchev–Trinajstić information content (AvgIpc) is 3.71. The van der Waals surface area contributed by atoms with E-state index in [9.17, 15) is 18.3 Å². The summed E-state index contributed by atoms with van der Waals surface area (Å²) in [5.74, 6) is 1.27. The first-order valence-electron chi connectivity index (χ1n) is 13.3. The van der Waals surface area contributed by atoms with Crippen LogP contribution >= 0.6 is 0 Å². The Bertz CT molecular complexity index is 1510. The number of phenols is 1. The third-order valence-corrected chi connectivity index (χ3v) is 10.9. The Hall–Kier alpha value is -2.90. The highest BCUT2D eigenvalue weighted by atomic mass is 32.2. The van der Waals surface area contributed by atoms with E-state index in [1.807, 2.05) is 12.1 Å². The van der Waals surface area contributed by atoms with Crippen LogP contribution in [0.1, 0.15) is 48.6 Å². The Morgan fingerprint density at radius 1 is 1.11 bits per heavy atom. The molecule has 2 aliphatic carbocycles. The Labute approximate surface area is 218 Å². The lowest BCUT2D eigenvalue weighted by Gasteiger charge is -2.55. The van der Waals surface area contributed by atoms with Crippen LogP contribution in [0, 0.1) is 18.8 Å². The van der Waals surface area contributed by atoms with E-state index in [0.29, 0.717) is 18.9 Å². The molecule has 2 fully saturated rings. The Morgan fingerprint density at radius 3 is 2.59 bits per heavy atom. The minimum absolute atomic E-state index is 0.127. The van der Waals surface area contributed by atoms with Crippen molar-refractivity contribution in [1.29, 1.82) is 0 Å². The van der Waals surface area contributed by atoms with Crippen molar-refractivity contribution in [2.45, 2.75) is 67.2 Å². The zero-order valence-electron chi connectivity index (χ0n) is 21.4. The van der Waals surface area contributed by atoms with Gasteiger partial charge in [-0.1, -0.05) is 24.3 Å². The highest BCUT2D eigenvalue weighted by Crippen LogP contribution is 2.51. The predicted molar refractivity (Wildman–Crippen MR) is 143 cm³/mol. The van der Waals surface area contributed by atoms with Gasteiger partial charge in [0.25, 0.3) is 5.56 Å². The molecule has 1 saturated carbocycles. The molecule has 6 rings (SSSR count). The monoisotopic (exact) mass is 518 g/mol. The van der Waals surface area contributed by atoms with Crippen LogP contribution in [0.4, 0.5) is 0 Å². The van der Waals surface area contributed by atoms with E-state index in [-0.39, 0.29) is 26.9 Å². The fourth-order valence-electron chi connectivity index (χ4n) is 6.91. The van der Waals surface area contributed by atoms with Gasteiger partial charge in [0, 0.05) is 23.7 Å². The van der Waals surface area contributed by atoms with Crippen molar-refractivity contribution in [3.63, 3.8) is 0 Å². The number of H-pyrrole nitrogens is 1. The number of nitrogens with one attached hydrogen (secondary N) is 1. The minimum Gasteiger partial charge on any atom is -0.508 e. The van der Waals surface area contributed by atoms with Gasteiger partial charge in [0.05, 0.1) is 4.90 Å². The smallest absolute Gasteiger partial charge is 0.267 e. The summed E-state index contributed by atoms with van der Waals surface area (Å²) < 4.78 is 26.8. The largest absolute Gasteiger partial charge is 0.508 e. The van der Waals surface area contributed by atoms with Crippen LogP contribution < -0.4 is 5.56 Å². The van der Waals surface area contributed by atoms with Crippen molar-refractivity contribution < 1.29 is 13.5 Å². The number of hydrogen-bond acceptors (Lipinski definition) is 5. The quantitative estimate of drug-likeness (QED) is 0.523. The summed E-state index contributed by atoms with van der Waals surface area (Å²) in [4.78, 5) is 18.7. The fourth-order valence-corrected chi connectivity index (χ4v) is 8.27. The average molecular weight is 519 g/mol. The zero-order valence-corrected chi connectivity index (χ0v) is 22.2. The molecule has 1 saturated heterocycles. The van der Waals surface area contributed by atoms with Crippen molar-refractivity contribution >= 4 is 9.84 Å². The highest BCUT2D eigenvalue weighted by Gasteiger charge is 2.52. The number of phenolic OH excluding ortho intramolecular Hbond substituents is 1. The van der Waals surface area contributed by atoms with E-state index < -0.39 is 15.4 Å². The summed E-state index contributed by atoms with van der Waals surface area (Å²) in [5.41, 5.74) is 3.20. The van der Waals surface area contributed by atoms with Crippen molar-refractivity contribution in [3.8, 4) is 5.75 Å². The van der Waals surface area contributed by atoms with Crippen LogP contribution in [-0.4, -0.2) is 42.5 Å². The molecule has 194 valence electrons. The molecule has 2 N–H and O–H groups in total. The highest BCUT2D eigenvalue weighted by molar-refractivity contribution is 7.91. The third-order valence-electron chi connectivity index (χ3n) is 9.12. The lowest BCUT2D eigenvalue weighted by atomic mass is 9.56. The van der Waals surface area contributed by atoms with Gasteiger partial charge < -0.3 is 15.0 Å². The van der Waals surface area contributed by atoms with Gasteiger partial charge in [-0.15, -0.1) is 0 Å². The van der Waals surface area contributed by atoms with E-state index in [1.54, 1.807) is 30.3 Å². The lowest BCUT2D eigenvalue weighted by Crippen LogP contribution is -2.59. The van der Waals surface area contributed by atoms with Gasteiger partial charge in [0.15, 0.2) is 0 Å². The molecule has 37 heavy (non-hydrogen) atoms. The molecule has 0 bridgehead atoms. The molecular weight excluding hydrogens is 484 g/mol. The van der Waals surface area contributed by atoms with Crippen molar-refractivity contribution in [1.82, 2.24) is 9.88 Å². The molecule has 3 unspecified atom stereocenters. The first-order valence-corrected chi connectivity index (χ1v) is 14.8. The third kappa shape index (κ3) is 4.12. The van der Waals surface area contributed by atoms with Crippen LogP contribution in [0.2, 0.25) is 0 Å². The second kappa shape index (κ2) is 8.84. The number of hydrogen-bond donors (Lipinski definition) is 2. The number of fused-ring (bicyclic) bond motifs is 2.